The van der Waals surface area contributed by atoms with E-state index in [1.54, 1.807) is 7.11 Å². The molecule has 0 atom stereocenters. The minimum Gasteiger partial charge on any atom is -0.495 e. The summed E-state index contributed by atoms with van der Waals surface area (Å²) in [5.74, 6) is 0.841. The molecule has 0 aliphatic heterocycles. The first-order chi connectivity index (χ1) is 7.48. The van der Waals surface area contributed by atoms with Crippen molar-refractivity contribution in [3.63, 3.8) is 0 Å². The molecule has 3 N–H and O–H groups in total. The van der Waals surface area contributed by atoms with Gasteiger partial charge >= 0.3 is 0 Å². The molecule has 0 radical (unpaired) electrons. The van der Waals surface area contributed by atoms with Crippen molar-refractivity contribution in [2.75, 3.05) is 19.0 Å². The Morgan fingerprint density at radius 3 is 2.69 bits per heavy atom. The van der Waals surface area contributed by atoms with E-state index < -0.39 is 0 Å². The average Bonchev–Trinajstić information content (AvgIpc) is 2.17. The molecule has 0 spiro atoms. The fourth-order valence-corrected chi connectivity index (χ4v) is 1.93. The smallest absolute Gasteiger partial charge is 0.142 e. The summed E-state index contributed by atoms with van der Waals surface area (Å²) in [5, 5.41) is 3.44. The van der Waals surface area contributed by atoms with Crippen molar-refractivity contribution in [2.24, 2.45) is 5.73 Å². The summed E-state index contributed by atoms with van der Waals surface area (Å²) in [7, 11) is 1.67. The minimum atomic E-state index is -0.0389. The fraction of sp³-hybridized carbons (Fsp3) is 0.500. The van der Waals surface area contributed by atoms with Crippen LogP contribution in [0.2, 0.25) is 0 Å². The van der Waals surface area contributed by atoms with Gasteiger partial charge in [-0.3, -0.25) is 0 Å². The molecule has 3 nitrogen and oxygen atoms in total. The van der Waals surface area contributed by atoms with Crippen LogP contribution in [0.5, 0.6) is 5.75 Å². The highest BCUT2D eigenvalue weighted by molar-refractivity contribution is 9.10. The van der Waals surface area contributed by atoms with Crippen molar-refractivity contribution in [1.82, 2.24) is 0 Å². The number of rotatable bonds is 5. The number of nitrogens with one attached hydrogen (secondary N) is 1. The molecule has 0 heterocycles. The Morgan fingerprint density at radius 2 is 2.12 bits per heavy atom. The molecule has 0 aliphatic carbocycles. The maximum Gasteiger partial charge on any atom is 0.142 e. The summed E-state index contributed by atoms with van der Waals surface area (Å²) in [5.41, 5.74) is 6.53. The Bertz CT molecular complexity index is 353. The van der Waals surface area contributed by atoms with E-state index in [4.69, 9.17) is 10.5 Å². The van der Waals surface area contributed by atoms with Crippen LogP contribution in [0.4, 0.5) is 5.69 Å². The number of hydrogen-bond acceptors (Lipinski definition) is 3. The van der Waals surface area contributed by atoms with Gasteiger partial charge in [0, 0.05) is 10.0 Å². The largest absolute Gasteiger partial charge is 0.495 e. The molecule has 0 saturated heterocycles. The van der Waals surface area contributed by atoms with E-state index in [-0.39, 0.29) is 5.54 Å². The highest BCUT2D eigenvalue weighted by atomic mass is 79.9. The third-order valence-electron chi connectivity index (χ3n) is 2.40. The topological polar surface area (TPSA) is 47.3 Å². The molecule has 0 unspecified atom stereocenters. The molecular formula is C12H19BrN2O. The molecule has 0 aliphatic rings. The monoisotopic (exact) mass is 286 g/mol. The van der Waals surface area contributed by atoms with Gasteiger partial charge in [-0.2, -0.15) is 0 Å². The van der Waals surface area contributed by atoms with Crippen LogP contribution in [0, 0.1) is 0 Å². The lowest BCUT2D eigenvalue weighted by molar-refractivity contribution is 0.413. The second kappa shape index (κ2) is 5.55. The van der Waals surface area contributed by atoms with Crippen molar-refractivity contribution in [1.29, 1.82) is 0 Å². The Morgan fingerprint density at radius 1 is 1.44 bits per heavy atom. The van der Waals surface area contributed by atoms with E-state index in [9.17, 15) is 0 Å². The van der Waals surface area contributed by atoms with Crippen LogP contribution in [0.15, 0.2) is 22.7 Å². The van der Waals surface area contributed by atoms with Gasteiger partial charge in [0.15, 0.2) is 0 Å². The molecule has 0 amide bonds. The maximum absolute atomic E-state index is 5.59. The average molecular weight is 287 g/mol. The molecule has 0 fully saturated rings. The zero-order chi connectivity index (χ0) is 12.2. The van der Waals surface area contributed by atoms with Crippen molar-refractivity contribution in [2.45, 2.75) is 25.8 Å². The molecule has 0 saturated carbocycles. The number of hydrogen-bond donors (Lipinski definition) is 2. The van der Waals surface area contributed by atoms with E-state index in [2.05, 4.69) is 35.1 Å². The van der Waals surface area contributed by atoms with Crippen LogP contribution in [0.25, 0.3) is 0 Å². The van der Waals surface area contributed by atoms with Crippen molar-refractivity contribution < 1.29 is 4.74 Å². The number of nitrogens with two attached hydrogens (primary N) is 1. The van der Waals surface area contributed by atoms with Gasteiger partial charge in [-0.25, -0.2) is 0 Å². The van der Waals surface area contributed by atoms with Gasteiger partial charge in [0.1, 0.15) is 5.75 Å². The molecule has 4 heteroatoms. The molecule has 1 aromatic rings. The molecule has 16 heavy (non-hydrogen) atoms. The first kappa shape index (κ1) is 13.3. The maximum atomic E-state index is 5.59. The van der Waals surface area contributed by atoms with Gasteiger partial charge in [-0.1, -0.05) is 15.9 Å². The quantitative estimate of drug-likeness (QED) is 0.875. The SMILES string of the molecule is COc1ccc(Br)cc1NC(C)(C)CCN. The second-order valence-electron chi connectivity index (χ2n) is 4.39. The third-order valence-corrected chi connectivity index (χ3v) is 2.90. The van der Waals surface area contributed by atoms with Gasteiger partial charge in [-0.05, 0) is 45.0 Å². The summed E-state index contributed by atoms with van der Waals surface area (Å²) >= 11 is 3.45. The highest BCUT2D eigenvalue weighted by Gasteiger charge is 2.18. The second-order valence-corrected chi connectivity index (χ2v) is 5.31. The molecule has 0 bridgehead atoms. The van der Waals surface area contributed by atoms with Crippen LogP contribution >= 0.6 is 15.9 Å². The molecule has 0 aromatic heterocycles. The van der Waals surface area contributed by atoms with Crippen molar-refractivity contribution in [3.05, 3.63) is 22.7 Å². The Hall–Kier alpha value is -0.740. The first-order valence-corrected chi connectivity index (χ1v) is 6.09. The van der Waals surface area contributed by atoms with Crippen LogP contribution in [0.3, 0.4) is 0 Å². The zero-order valence-electron chi connectivity index (χ0n) is 10.0. The van der Waals surface area contributed by atoms with Gasteiger partial charge in [0.05, 0.1) is 12.8 Å². The van der Waals surface area contributed by atoms with Crippen molar-refractivity contribution >= 4 is 21.6 Å². The predicted molar refractivity (Wildman–Crippen MR) is 72.1 cm³/mol. The predicted octanol–water partition coefficient (Wildman–Crippen LogP) is 3.00. The lowest BCUT2D eigenvalue weighted by Crippen LogP contribution is -2.33. The van der Waals surface area contributed by atoms with Crippen LogP contribution in [0.1, 0.15) is 20.3 Å². The number of anilines is 1. The zero-order valence-corrected chi connectivity index (χ0v) is 11.6. The summed E-state index contributed by atoms with van der Waals surface area (Å²) in [6, 6.07) is 5.90. The van der Waals surface area contributed by atoms with E-state index in [1.807, 2.05) is 18.2 Å². The molecular weight excluding hydrogens is 268 g/mol. The lowest BCUT2D eigenvalue weighted by atomic mass is 10.0. The normalized spacial score (nSPS) is 11.3. The summed E-state index contributed by atoms with van der Waals surface area (Å²) in [6.45, 7) is 4.91. The summed E-state index contributed by atoms with van der Waals surface area (Å²) in [4.78, 5) is 0. The number of ether oxygens (including phenoxy) is 1. The minimum absolute atomic E-state index is 0.0389. The highest BCUT2D eigenvalue weighted by Crippen LogP contribution is 2.30. The molecule has 1 rings (SSSR count). The lowest BCUT2D eigenvalue weighted by Gasteiger charge is -2.28. The van der Waals surface area contributed by atoms with Crippen LogP contribution in [-0.2, 0) is 0 Å². The van der Waals surface area contributed by atoms with Gasteiger partial charge in [0.25, 0.3) is 0 Å². The van der Waals surface area contributed by atoms with Crippen LogP contribution in [-0.4, -0.2) is 19.2 Å². The molecule has 90 valence electrons. The number of benzene rings is 1. The van der Waals surface area contributed by atoms with Gasteiger partial charge in [0.2, 0.25) is 0 Å². The standard InChI is InChI=1S/C12H19BrN2O/c1-12(2,6-7-14)15-10-8-9(13)4-5-11(10)16-3/h4-5,8,15H,6-7,14H2,1-3H3. The summed E-state index contributed by atoms with van der Waals surface area (Å²) < 4.78 is 6.34. The van der Waals surface area contributed by atoms with E-state index in [1.165, 1.54) is 0 Å². The Labute approximate surface area is 105 Å². The first-order valence-electron chi connectivity index (χ1n) is 5.30. The van der Waals surface area contributed by atoms with Crippen molar-refractivity contribution in [3.8, 4) is 5.75 Å². The van der Waals surface area contributed by atoms with Gasteiger partial charge < -0.3 is 15.8 Å². The van der Waals surface area contributed by atoms with E-state index in [0.29, 0.717) is 6.54 Å². The van der Waals surface area contributed by atoms with Crippen LogP contribution < -0.4 is 15.8 Å². The molecule has 1 aromatic carbocycles. The summed E-state index contributed by atoms with van der Waals surface area (Å²) in [6.07, 6.45) is 0.905. The Balaban J connectivity index is 2.90. The fourth-order valence-electron chi connectivity index (χ4n) is 1.57. The third kappa shape index (κ3) is 3.68. The Kier molecular flexibility index (Phi) is 4.62. The van der Waals surface area contributed by atoms with Gasteiger partial charge in [-0.15, -0.1) is 0 Å². The van der Waals surface area contributed by atoms with E-state index >= 15 is 0 Å². The number of methoxy groups -OCH3 is 1. The van der Waals surface area contributed by atoms with E-state index in [0.717, 1.165) is 22.3 Å². The number of halogens is 1.